The van der Waals surface area contributed by atoms with E-state index in [0.29, 0.717) is 5.58 Å². The van der Waals surface area contributed by atoms with Crippen LogP contribution in [0.2, 0.25) is 0 Å². The molecule has 4 aromatic rings. The minimum absolute atomic E-state index is 0.193. The van der Waals surface area contributed by atoms with E-state index in [4.69, 9.17) is 8.83 Å². The largest absolute Gasteiger partial charge is 0.464 e. The van der Waals surface area contributed by atoms with Gasteiger partial charge in [-0.3, -0.25) is 0 Å². The molecule has 2 aromatic heterocycles. The fourth-order valence-electron chi connectivity index (χ4n) is 3.82. The highest BCUT2D eigenvalue weighted by atomic mass is 79.9. The lowest BCUT2D eigenvalue weighted by Crippen LogP contribution is -2.15. The maximum absolute atomic E-state index is 12.3. The number of halogens is 1. The predicted octanol–water partition coefficient (Wildman–Crippen LogP) is 5.85. The fourth-order valence-corrected chi connectivity index (χ4v) is 4.08. The van der Waals surface area contributed by atoms with E-state index in [1.54, 1.807) is 6.26 Å². The molecule has 0 saturated carbocycles. The van der Waals surface area contributed by atoms with Crippen LogP contribution in [-0.4, -0.2) is 0 Å². The Kier molecular flexibility index (Phi) is 3.35. The van der Waals surface area contributed by atoms with Gasteiger partial charge in [-0.2, -0.15) is 0 Å². The number of furan rings is 1. The van der Waals surface area contributed by atoms with Crippen LogP contribution in [0.1, 0.15) is 24.0 Å². The van der Waals surface area contributed by atoms with Gasteiger partial charge in [0.2, 0.25) is 0 Å². The van der Waals surface area contributed by atoms with Gasteiger partial charge in [0.05, 0.1) is 6.26 Å². The fraction of sp³-hybridized carbons (Fsp3) is 0.190. The van der Waals surface area contributed by atoms with Gasteiger partial charge in [0, 0.05) is 32.4 Å². The zero-order valence-corrected chi connectivity index (χ0v) is 15.1. The molecule has 2 aromatic carbocycles. The number of hydrogen-bond donors (Lipinski definition) is 0. The molecule has 124 valence electrons. The van der Waals surface area contributed by atoms with Crippen LogP contribution in [-0.2, 0) is 12.8 Å². The first-order valence-electron chi connectivity index (χ1n) is 8.46. The van der Waals surface area contributed by atoms with E-state index in [9.17, 15) is 4.79 Å². The maximum Gasteiger partial charge on any atom is 0.339 e. The highest BCUT2D eigenvalue weighted by Gasteiger charge is 2.20. The van der Waals surface area contributed by atoms with Gasteiger partial charge in [-0.05, 0) is 55.0 Å². The Hall–Kier alpha value is -2.33. The van der Waals surface area contributed by atoms with Gasteiger partial charge in [0.1, 0.15) is 11.2 Å². The lowest BCUT2D eigenvalue weighted by Gasteiger charge is -2.16. The smallest absolute Gasteiger partial charge is 0.339 e. The van der Waals surface area contributed by atoms with Crippen molar-refractivity contribution >= 4 is 37.9 Å². The molecular weight excluding hydrogens is 380 g/mol. The van der Waals surface area contributed by atoms with Gasteiger partial charge in [0.15, 0.2) is 0 Å². The van der Waals surface area contributed by atoms with Crippen LogP contribution in [0.25, 0.3) is 33.1 Å². The average Bonchev–Trinajstić information content (AvgIpc) is 3.04. The molecule has 1 aliphatic rings. The predicted molar refractivity (Wildman–Crippen MR) is 102 cm³/mol. The minimum atomic E-state index is -0.193. The van der Waals surface area contributed by atoms with Crippen LogP contribution in [0.5, 0.6) is 0 Å². The van der Waals surface area contributed by atoms with Crippen LogP contribution >= 0.6 is 15.9 Å². The number of fused-ring (bicyclic) bond motifs is 4. The summed E-state index contributed by atoms with van der Waals surface area (Å²) in [5.41, 5.74) is 5.34. The third kappa shape index (κ3) is 2.35. The zero-order valence-electron chi connectivity index (χ0n) is 13.5. The average molecular weight is 395 g/mol. The Morgan fingerprint density at radius 1 is 0.880 bits per heavy atom. The molecule has 0 radical (unpaired) electrons. The molecule has 0 spiro atoms. The monoisotopic (exact) mass is 394 g/mol. The molecular formula is C21H15BrO3. The van der Waals surface area contributed by atoms with E-state index in [0.717, 1.165) is 68.8 Å². The molecule has 0 saturated heterocycles. The SMILES string of the molecule is O=c1oc2cc3occ(-c4ccc(Br)cc4)c3cc2c2c1CCCC2. The maximum atomic E-state index is 12.3. The van der Waals surface area contributed by atoms with Gasteiger partial charge in [-0.15, -0.1) is 0 Å². The topological polar surface area (TPSA) is 43.4 Å². The zero-order chi connectivity index (χ0) is 17.0. The van der Waals surface area contributed by atoms with Crippen LogP contribution in [0.4, 0.5) is 0 Å². The molecule has 25 heavy (non-hydrogen) atoms. The van der Waals surface area contributed by atoms with Crippen molar-refractivity contribution in [2.45, 2.75) is 25.7 Å². The van der Waals surface area contributed by atoms with Crippen molar-refractivity contribution in [3.63, 3.8) is 0 Å². The van der Waals surface area contributed by atoms with E-state index < -0.39 is 0 Å². The van der Waals surface area contributed by atoms with E-state index in [-0.39, 0.29) is 5.63 Å². The second kappa shape index (κ2) is 5.60. The van der Waals surface area contributed by atoms with Gasteiger partial charge in [-0.25, -0.2) is 4.79 Å². The first-order valence-corrected chi connectivity index (χ1v) is 9.26. The van der Waals surface area contributed by atoms with Crippen molar-refractivity contribution in [2.75, 3.05) is 0 Å². The second-order valence-corrected chi connectivity index (χ2v) is 7.47. The normalized spacial score (nSPS) is 14.1. The number of rotatable bonds is 1. The first kappa shape index (κ1) is 15.0. The summed E-state index contributed by atoms with van der Waals surface area (Å²) in [6.45, 7) is 0. The third-order valence-corrected chi connectivity index (χ3v) is 5.60. The van der Waals surface area contributed by atoms with Crippen molar-refractivity contribution in [3.05, 3.63) is 68.7 Å². The van der Waals surface area contributed by atoms with Crippen LogP contribution in [0.15, 0.2) is 60.8 Å². The summed E-state index contributed by atoms with van der Waals surface area (Å²) in [5, 5.41) is 2.10. The summed E-state index contributed by atoms with van der Waals surface area (Å²) in [5.74, 6) is 0. The van der Waals surface area contributed by atoms with E-state index in [1.165, 1.54) is 0 Å². The summed E-state index contributed by atoms with van der Waals surface area (Å²) in [7, 11) is 0. The van der Waals surface area contributed by atoms with Crippen molar-refractivity contribution in [2.24, 2.45) is 0 Å². The van der Waals surface area contributed by atoms with Gasteiger partial charge in [-0.1, -0.05) is 28.1 Å². The molecule has 3 nitrogen and oxygen atoms in total. The molecule has 0 amide bonds. The van der Waals surface area contributed by atoms with E-state index in [1.807, 2.05) is 18.2 Å². The summed E-state index contributed by atoms with van der Waals surface area (Å²) in [6.07, 6.45) is 5.71. The third-order valence-electron chi connectivity index (χ3n) is 5.07. The first-order chi connectivity index (χ1) is 12.2. The standard InChI is InChI=1S/C21H15BrO3/c22-13-7-5-12(6-8-13)18-11-24-19-10-20-16(9-17(18)19)14-3-1-2-4-15(14)21(23)25-20/h5-11H,1-4H2. The molecule has 0 atom stereocenters. The molecule has 2 heterocycles. The van der Waals surface area contributed by atoms with Crippen LogP contribution in [0.3, 0.4) is 0 Å². The van der Waals surface area contributed by atoms with Gasteiger partial charge >= 0.3 is 5.63 Å². The molecule has 1 aliphatic carbocycles. The lowest BCUT2D eigenvalue weighted by molar-refractivity contribution is 0.533. The highest BCUT2D eigenvalue weighted by Crippen LogP contribution is 2.36. The van der Waals surface area contributed by atoms with Crippen molar-refractivity contribution in [3.8, 4) is 11.1 Å². The van der Waals surface area contributed by atoms with Crippen LogP contribution < -0.4 is 5.63 Å². The Morgan fingerprint density at radius 3 is 2.44 bits per heavy atom. The summed E-state index contributed by atoms with van der Waals surface area (Å²) < 4.78 is 12.4. The Bertz CT molecular complexity index is 1170. The van der Waals surface area contributed by atoms with E-state index in [2.05, 4.69) is 34.1 Å². The summed E-state index contributed by atoms with van der Waals surface area (Å²) in [6, 6.07) is 12.2. The molecule has 0 bridgehead atoms. The molecule has 0 aliphatic heterocycles. The summed E-state index contributed by atoms with van der Waals surface area (Å²) >= 11 is 3.47. The number of aryl methyl sites for hydroxylation is 1. The van der Waals surface area contributed by atoms with Gasteiger partial charge in [0.25, 0.3) is 0 Å². The Balaban J connectivity index is 1.82. The van der Waals surface area contributed by atoms with Crippen molar-refractivity contribution in [1.82, 2.24) is 0 Å². The Labute approximate surface area is 152 Å². The molecule has 4 heteroatoms. The van der Waals surface area contributed by atoms with Crippen LogP contribution in [0, 0.1) is 0 Å². The molecule has 0 fully saturated rings. The number of hydrogen-bond acceptors (Lipinski definition) is 3. The van der Waals surface area contributed by atoms with E-state index >= 15 is 0 Å². The quantitative estimate of drug-likeness (QED) is 0.380. The molecule has 0 unspecified atom stereocenters. The second-order valence-electron chi connectivity index (χ2n) is 6.55. The molecule has 5 rings (SSSR count). The Morgan fingerprint density at radius 2 is 1.64 bits per heavy atom. The van der Waals surface area contributed by atoms with Crippen molar-refractivity contribution in [1.29, 1.82) is 0 Å². The number of benzene rings is 2. The minimum Gasteiger partial charge on any atom is -0.464 e. The lowest BCUT2D eigenvalue weighted by atomic mass is 9.90. The summed E-state index contributed by atoms with van der Waals surface area (Å²) in [4.78, 5) is 12.3. The highest BCUT2D eigenvalue weighted by molar-refractivity contribution is 9.10. The molecule has 0 N–H and O–H groups in total. The van der Waals surface area contributed by atoms with Crippen molar-refractivity contribution < 1.29 is 8.83 Å². The van der Waals surface area contributed by atoms with Gasteiger partial charge < -0.3 is 8.83 Å².